The maximum Gasteiger partial charge on any atom is 0.228 e. The number of nitrogens with one attached hydrogen (secondary N) is 1. The molecule has 0 aromatic rings. The van der Waals surface area contributed by atoms with Crippen LogP contribution in [0.2, 0.25) is 0 Å². The predicted octanol–water partition coefficient (Wildman–Crippen LogP) is 2.02. The molecule has 3 atom stereocenters. The van der Waals surface area contributed by atoms with Gasteiger partial charge in [-0.1, -0.05) is 26.2 Å². The summed E-state index contributed by atoms with van der Waals surface area (Å²) in [5.41, 5.74) is -0.0570. The van der Waals surface area contributed by atoms with Gasteiger partial charge in [-0.05, 0) is 31.6 Å². The lowest BCUT2D eigenvalue weighted by atomic mass is 9.74. The molecule has 102 valence electrons. The van der Waals surface area contributed by atoms with Crippen molar-refractivity contribution < 1.29 is 4.79 Å². The normalized spacial score (nSPS) is 38.8. The van der Waals surface area contributed by atoms with Crippen molar-refractivity contribution in [2.75, 3.05) is 19.6 Å². The van der Waals surface area contributed by atoms with Gasteiger partial charge in [-0.25, -0.2) is 0 Å². The van der Waals surface area contributed by atoms with Gasteiger partial charge < -0.3 is 10.2 Å². The maximum absolute atomic E-state index is 12.9. The number of fused-ring (bicyclic) bond motifs is 1. The summed E-state index contributed by atoms with van der Waals surface area (Å²) in [6.07, 6.45) is 5.98. The fourth-order valence-corrected chi connectivity index (χ4v) is 4.33. The average molecular weight is 250 g/mol. The first-order valence-electron chi connectivity index (χ1n) is 7.64. The first-order chi connectivity index (χ1) is 8.62. The SMILES string of the molecule is CC1C2CNCC2CN1C(=O)C1(C)CCCCC1. The van der Waals surface area contributed by atoms with E-state index in [1.165, 1.54) is 19.3 Å². The number of hydrogen-bond donors (Lipinski definition) is 1. The van der Waals surface area contributed by atoms with E-state index in [9.17, 15) is 4.79 Å². The van der Waals surface area contributed by atoms with Crippen molar-refractivity contribution in [1.29, 1.82) is 0 Å². The minimum absolute atomic E-state index is 0.0570. The Hall–Kier alpha value is -0.570. The summed E-state index contributed by atoms with van der Waals surface area (Å²) < 4.78 is 0. The van der Waals surface area contributed by atoms with E-state index < -0.39 is 0 Å². The smallest absolute Gasteiger partial charge is 0.228 e. The Morgan fingerprint density at radius 2 is 1.94 bits per heavy atom. The molecule has 0 bridgehead atoms. The number of carbonyl (C=O) groups excluding carboxylic acids is 1. The average Bonchev–Trinajstić information content (AvgIpc) is 2.93. The van der Waals surface area contributed by atoms with Crippen molar-refractivity contribution in [2.45, 2.75) is 52.0 Å². The Morgan fingerprint density at radius 3 is 2.61 bits per heavy atom. The summed E-state index contributed by atoms with van der Waals surface area (Å²) in [7, 11) is 0. The first kappa shape index (κ1) is 12.5. The number of likely N-dealkylation sites (tertiary alicyclic amines) is 1. The van der Waals surface area contributed by atoms with E-state index >= 15 is 0 Å². The molecule has 3 nitrogen and oxygen atoms in total. The topological polar surface area (TPSA) is 32.3 Å². The molecule has 2 saturated heterocycles. The van der Waals surface area contributed by atoms with E-state index in [0.29, 0.717) is 23.8 Å². The largest absolute Gasteiger partial charge is 0.339 e. The Morgan fingerprint density at radius 1 is 1.22 bits per heavy atom. The molecular weight excluding hydrogens is 224 g/mol. The van der Waals surface area contributed by atoms with Crippen molar-refractivity contribution in [1.82, 2.24) is 10.2 Å². The molecule has 3 heteroatoms. The van der Waals surface area contributed by atoms with Crippen molar-refractivity contribution in [2.24, 2.45) is 17.3 Å². The van der Waals surface area contributed by atoms with E-state index in [0.717, 1.165) is 32.5 Å². The number of carbonyl (C=O) groups is 1. The fourth-order valence-electron chi connectivity index (χ4n) is 4.33. The van der Waals surface area contributed by atoms with E-state index in [4.69, 9.17) is 0 Å². The molecule has 3 fully saturated rings. The van der Waals surface area contributed by atoms with Crippen LogP contribution in [0.3, 0.4) is 0 Å². The molecular formula is C15H26N2O. The van der Waals surface area contributed by atoms with Crippen LogP contribution in [-0.2, 0) is 4.79 Å². The van der Waals surface area contributed by atoms with Crippen molar-refractivity contribution in [3.63, 3.8) is 0 Å². The van der Waals surface area contributed by atoms with Gasteiger partial charge in [0.1, 0.15) is 0 Å². The molecule has 3 rings (SSSR count). The second-order valence-electron chi connectivity index (χ2n) is 6.90. The summed E-state index contributed by atoms with van der Waals surface area (Å²) in [4.78, 5) is 15.1. The van der Waals surface area contributed by atoms with Gasteiger partial charge in [-0.3, -0.25) is 4.79 Å². The highest BCUT2D eigenvalue weighted by molar-refractivity contribution is 5.83. The molecule has 2 aliphatic heterocycles. The second kappa shape index (κ2) is 4.52. The lowest BCUT2D eigenvalue weighted by molar-refractivity contribution is -0.144. The lowest BCUT2D eigenvalue weighted by Crippen LogP contribution is -2.46. The molecule has 1 amide bonds. The highest BCUT2D eigenvalue weighted by Gasteiger charge is 2.47. The van der Waals surface area contributed by atoms with Crippen LogP contribution in [0.5, 0.6) is 0 Å². The highest BCUT2D eigenvalue weighted by atomic mass is 16.2. The van der Waals surface area contributed by atoms with Crippen molar-refractivity contribution in [3.05, 3.63) is 0 Å². The van der Waals surface area contributed by atoms with Crippen LogP contribution in [0.4, 0.5) is 0 Å². The zero-order valence-electron chi connectivity index (χ0n) is 11.7. The van der Waals surface area contributed by atoms with E-state index in [1.807, 2.05) is 0 Å². The summed E-state index contributed by atoms with van der Waals surface area (Å²) in [5, 5.41) is 3.47. The van der Waals surface area contributed by atoms with Crippen LogP contribution < -0.4 is 5.32 Å². The minimum atomic E-state index is -0.0570. The summed E-state index contributed by atoms with van der Waals surface area (Å²) in [6.45, 7) is 7.66. The van der Waals surface area contributed by atoms with Gasteiger partial charge >= 0.3 is 0 Å². The zero-order valence-corrected chi connectivity index (χ0v) is 11.7. The summed E-state index contributed by atoms with van der Waals surface area (Å²) >= 11 is 0. The fraction of sp³-hybridized carbons (Fsp3) is 0.933. The number of hydrogen-bond acceptors (Lipinski definition) is 2. The summed E-state index contributed by atoms with van der Waals surface area (Å²) in [5.74, 6) is 1.85. The van der Waals surface area contributed by atoms with Crippen molar-refractivity contribution in [3.8, 4) is 0 Å². The Balaban J connectivity index is 1.73. The minimum Gasteiger partial charge on any atom is -0.339 e. The van der Waals surface area contributed by atoms with Crippen molar-refractivity contribution >= 4 is 5.91 Å². The molecule has 2 heterocycles. The van der Waals surface area contributed by atoms with Crippen LogP contribution in [0.25, 0.3) is 0 Å². The summed E-state index contributed by atoms with van der Waals surface area (Å²) in [6, 6.07) is 0.441. The highest BCUT2D eigenvalue weighted by Crippen LogP contribution is 2.41. The van der Waals surface area contributed by atoms with Gasteiger partial charge in [-0.2, -0.15) is 0 Å². The zero-order chi connectivity index (χ0) is 12.8. The molecule has 18 heavy (non-hydrogen) atoms. The van der Waals surface area contributed by atoms with Crippen LogP contribution in [0.1, 0.15) is 46.0 Å². The third-order valence-electron chi connectivity index (χ3n) is 5.67. The first-order valence-corrected chi connectivity index (χ1v) is 7.64. The molecule has 0 aromatic carbocycles. The molecule has 3 unspecified atom stereocenters. The van der Waals surface area contributed by atoms with Gasteiger partial charge in [0.25, 0.3) is 0 Å². The van der Waals surface area contributed by atoms with E-state index in [-0.39, 0.29) is 5.41 Å². The van der Waals surface area contributed by atoms with Gasteiger partial charge in [0.05, 0.1) is 0 Å². The van der Waals surface area contributed by atoms with Crippen LogP contribution in [0, 0.1) is 17.3 Å². The van der Waals surface area contributed by atoms with Gasteiger partial charge in [0.15, 0.2) is 0 Å². The Labute approximate surface area is 110 Å². The maximum atomic E-state index is 12.9. The standard InChI is InChI=1S/C15H26N2O/c1-11-13-9-16-8-12(13)10-17(11)14(18)15(2)6-4-3-5-7-15/h11-13,16H,3-10H2,1-2H3. The molecule has 1 N–H and O–H groups in total. The van der Waals surface area contributed by atoms with E-state index in [1.54, 1.807) is 0 Å². The lowest BCUT2D eigenvalue weighted by Gasteiger charge is -2.38. The Kier molecular flexibility index (Phi) is 3.13. The molecule has 0 aromatic heterocycles. The van der Waals surface area contributed by atoms with Crippen LogP contribution in [-0.4, -0.2) is 36.5 Å². The van der Waals surface area contributed by atoms with Crippen LogP contribution in [0.15, 0.2) is 0 Å². The number of amides is 1. The quantitative estimate of drug-likeness (QED) is 0.772. The molecule has 1 aliphatic carbocycles. The monoisotopic (exact) mass is 250 g/mol. The Bertz CT molecular complexity index is 335. The number of rotatable bonds is 1. The molecule has 0 radical (unpaired) electrons. The third-order valence-corrected chi connectivity index (χ3v) is 5.67. The number of nitrogens with zero attached hydrogens (tertiary/aromatic N) is 1. The second-order valence-corrected chi connectivity index (χ2v) is 6.90. The van der Waals surface area contributed by atoms with Gasteiger partial charge in [-0.15, -0.1) is 0 Å². The van der Waals surface area contributed by atoms with Crippen LogP contribution >= 0.6 is 0 Å². The van der Waals surface area contributed by atoms with Gasteiger partial charge in [0.2, 0.25) is 5.91 Å². The van der Waals surface area contributed by atoms with Gasteiger partial charge in [0, 0.05) is 31.1 Å². The molecule has 3 aliphatic rings. The third kappa shape index (κ3) is 1.87. The molecule has 1 saturated carbocycles. The van der Waals surface area contributed by atoms with E-state index in [2.05, 4.69) is 24.1 Å². The molecule has 0 spiro atoms. The predicted molar refractivity (Wildman–Crippen MR) is 72.2 cm³/mol.